The number of anilines is 1. The summed E-state index contributed by atoms with van der Waals surface area (Å²) in [5.74, 6) is 0.114. The highest BCUT2D eigenvalue weighted by molar-refractivity contribution is 6.32. The lowest BCUT2D eigenvalue weighted by Gasteiger charge is -2.06. The fourth-order valence-electron chi connectivity index (χ4n) is 2.28. The molecule has 1 heterocycles. The van der Waals surface area contributed by atoms with Gasteiger partial charge >= 0.3 is 0 Å². The number of nitrogens with one attached hydrogen (secondary N) is 1. The van der Waals surface area contributed by atoms with Crippen LogP contribution >= 0.6 is 11.6 Å². The molecule has 1 N–H and O–H groups in total. The Balaban J connectivity index is 1.90. The van der Waals surface area contributed by atoms with Crippen molar-refractivity contribution in [2.24, 2.45) is 0 Å². The van der Waals surface area contributed by atoms with E-state index in [1.165, 1.54) is 36.4 Å². The summed E-state index contributed by atoms with van der Waals surface area (Å²) in [6.07, 6.45) is 1.27. The minimum atomic E-state index is -0.796. The number of hydrogen-bond donors (Lipinski definition) is 1. The Hall–Kier alpha value is -3.57. The first-order valence-electron chi connectivity index (χ1n) is 7.25. The molecule has 8 nitrogen and oxygen atoms in total. The third kappa shape index (κ3) is 3.43. The average Bonchev–Trinajstić information content (AvgIpc) is 3.06. The summed E-state index contributed by atoms with van der Waals surface area (Å²) in [6, 6.07) is 10.5. The molecule has 0 radical (unpaired) electrons. The lowest BCUT2D eigenvalue weighted by Crippen LogP contribution is -2.14. The van der Waals surface area contributed by atoms with Gasteiger partial charge in [0.1, 0.15) is 17.3 Å². The van der Waals surface area contributed by atoms with Crippen LogP contribution in [0, 0.1) is 21.4 Å². The number of para-hydroxylation sites is 2. The number of carbonyl (C=O) groups is 1. The molecule has 0 saturated heterocycles. The zero-order chi connectivity index (χ0) is 18.7. The minimum Gasteiger partial charge on any atom is -0.454 e. The van der Waals surface area contributed by atoms with E-state index in [0.717, 1.165) is 0 Å². The predicted octanol–water partition coefficient (Wildman–Crippen LogP) is 3.52. The number of nitriles is 1. The zero-order valence-electron chi connectivity index (χ0n) is 13.1. The third-order valence-electron chi connectivity index (χ3n) is 3.51. The zero-order valence-corrected chi connectivity index (χ0v) is 13.8. The first-order valence-corrected chi connectivity index (χ1v) is 7.63. The number of halogens is 1. The van der Waals surface area contributed by atoms with Crippen molar-refractivity contribution >= 4 is 35.0 Å². The van der Waals surface area contributed by atoms with Crippen molar-refractivity contribution in [1.82, 2.24) is 0 Å². The first-order chi connectivity index (χ1) is 12.5. The largest absolute Gasteiger partial charge is 0.454 e. The van der Waals surface area contributed by atoms with Gasteiger partial charge in [-0.15, -0.1) is 0 Å². The van der Waals surface area contributed by atoms with Crippen molar-refractivity contribution in [1.29, 1.82) is 5.26 Å². The third-order valence-corrected chi connectivity index (χ3v) is 3.83. The van der Waals surface area contributed by atoms with Gasteiger partial charge in [-0.1, -0.05) is 23.7 Å². The molecule has 0 unspecified atom stereocenters. The number of rotatable bonds is 4. The summed E-state index contributed by atoms with van der Waals surface area (Å²) in [4.78, 5) is 22.7. The van der Waals surface area contributed by atoms with Crippen molar-refractivity contribution in [2.45, 2.75) is 0 Å². The van der Waals surface area contributed by atoms with Crippen LogP contribution in [0.5, 0.6) is 11.5 Å². The van der Waals surface area contributed by atoms with Crippen LogP contribution in [-0.4, -0.2) is 17.6 Å². The van der Waals surface area contributed by atoms with E-state index >= 15 is 0 Å². The summed E-state index contributed by atoms with van der Waals surface area (Å²) >= 11 is 6.13. The number of amides is 1. The van der Waals surface area contributed by atoms with Gasteiger partial charge in [-0.25, -0.2) is 0 Å². The van der Waals surface area contributed by atoms with Gasteiger partial charge < -0.3 is 14.8 Å². The summed E-state index contributed by atoms with van der Waals surface area (Å²) in [6.45, 7) is 0.0576. The number of carbonyl (C=O) groups excluding carboxylic acids is 1. The number of nitro benzene ring substituents is 1. The van der Waals surface area contributed by atoms with E-state index in [4.69, 9.17) is 21.1 Å². The Kier molecular flexibility index (Phi) is 4.73. The predicted molar refractivity (Wildman–Crippen MR) is 92.9 cm³/mol. The van der Waals surface area contributed by atoms with E-state index in [2.05, 4.69) is 5.32 Å². The molecular formula is C17H10ClN3O5. The molecule has 0 atom stereocenters. The SMILES string of the molecule is N#C/C(=C\c1cc2c(cc1Cl)OCO2)C(=O)Nc1ccccc1[N+](=O)[O-]. The monoisotopic (exact) mass is 371 g/mol. The summed E-state index contributed by atoms with van der Waals surface area (Å²) in [5.41, 5.74) is -0.186. The normalized spacial score (nSPS) is 12.4. The van der Waals surface area contributed by atoms with Crippen molar-refractivity contribution in [3.05, 3.63) is 62.7 Å². The molecule has 3 rings (SSSR count). The van der Waals surface area contributed by atoms with Crippen LogP contribution in [0.1, 0.15) is 5.56 Å². The van der Waals surface area contributed by atoms with Crippen LogP contribution in [0.3, 0.4) is 0 Å². The molecule has 0 spiro atoms. The molecule has 130 valence electrons. The van der Waals surface area contributed by atoms with Crippen LogP contribution in [0.15, 0.2) is 42.0 Å². The summed E-state index contributed by atoms with van der Waals surface area (Å²) in [5, 5.41) is 22.9. The van der Waals surface area contributed by atoms with Gasteiger partial charge in [0.25, 0.3) is 11.6 Å². The highest BCUT2D eigenvalue weighted by Gasteiger charge is 2.19. The quantitative estimate of drug-likeness (QED) is 0.380. The molecule has 1 aliphatic heterocycles. The van der Waals surface area contributed by atoms with Gasteiger partial charge in [0.2, 0.25) is 6.79 Å². The van der Waals surface area contributed by atoms with E-state index in [9.17, 15) is 20.2 Å². The van der Waals surface area contributed by atoms with Crippen molar-refractivity contribution in [2.75, 3.05) is 12.1 Å². The summed E-state index contributed by atoms with van der Waals surface area (Å²) in [7, 11) is 0. The topological polar surface area (TPSA) is 114 Å². The average molecular weight is 372 g/mol. The van der Waals surface area contributed by atoms with E-state index in [-0.39, 0.29) is 28.8 Å². The number of hydrogen-bond acceptors (Lipinski definition) is 6. The highest BCUT2D eigenvalue weighted by Crippen LogP contribution is 2.37. The van der Waals surface area contributed by atoms with E-state index in [0.29, 0.717) is 17.1 Å². The van der Waals surface area contributed by atoms with Crippen LogP contribution in [0.4, 0.5) is 11.4 Å². The molecule has 2 aromatic carbocycles. The van der Waals surface area contributed by atoms with E-state index in [1.54, 1.807) is 12.1 Å². The molecule has 9 heteroatoms. The second-order valence-corrected chi connectivity index (χ2v) is 5.53. The Labute approximate surface area is 152 Å². The second kappa shape index (κ2) is 7.13. The lowest BCUT2D eigenvalue weighted by molar-refractivity contribution is -0.383. The van der Waals surface area contributed by atoms with Gasteiger partial charge in [-0.2, -0.15) is 5.26 Å². The van der Waals surface area contributed by atoms with Crippen molar-refractivity contribution in [3.63, 3.8) is 0 Å². The van der Waals surface area contributed by atoms with Crippen molar-refractivity contribution in [3.8, 4) is 17.6 Å². The lowest BCUT2D eigenvalue weighted by atomic mass is 10.1. The van der Waals surface area contributed by atoms with Crippen LogP contribution < -0.4 is 14.8 Å². The number of fused-ring (bicyclic) bond motifs is 1. The Morgan fingerprint density at radius 2 is 2.00 bits per heavy atom. The van der Waals surface area contributed by atoms with Crippen LogP contribution in [0.2, 0.25) is 5.02 Å². The van der Waals surface area contributed by atoms with Crippen molar-refractivity contribution < 1.29 is 19.2 Å². The van der Waals surface area contributed by atoms with Crippen LogP contribution in [-0.2, 0) is 4.79 Å². The van der Waals surface area contributed by atoms with Gasteiger partial charge in [0.15, 0.2) is 11.5 Å². The van der Waals surface area contributed by atoms with E-state index < -0.39 is 10.8 Å². The molecule has 0 saturated carbocycles. The highest BCUT2D eigenvalue weighted by atomic mass is 35.5. The van der Waals surface area contributed by atoms with Gasteiger partial charge in [0, 0.05) is 12.1 Å². The molecule has 0 aromatic heterocycles. The molecule has 26 heavy (non-hydrogen) atoms. The first kappa shape index (κ1) is 17.3. The second-order valence-electron chi connectivity index (χ2n) is 5.13. The number of nitrogens with zero attached hydrogens (tertiary/aromatic N) is 2. The minimum absolute atomic E-state index is 0.0135. The molecule has 0 bridgehead atoms. The Morgan fingerprint density at radius 1 is 1.31 bits per heavy atom. The maximum atomic E-state index is 12.3. The Morgan fingerprint density at radius 3 is 2.69 bits per heavy atom. The Bertz CT molecular complexity index is 981. The maximum absolute atomic E-state index is 12.3. The maximum Gasteiger partial charge on any atom is 0.292 e. The molecular weight excluding hydrogens is 362 g/mol. The van der Waals surface area contributed by atoms with Crippen LogP contribution in [0.25, 0.3) is 6.08 Å². The smallest absolute Gasteiger partial charge is 0.292 e. The molecule has 0 fully saturated rings. The number of ether oxygens (including phenoxy) is 2. The van der Waals surface area contributed by atoms with E-state index in [1.807, 2.05) is 0 Å². The fraction of sp³-hybridized carbons (Fsp3) is 0.0588. The molecule has 1 aliphatic rings. The summed E-state index contributed by atoms with van der Waals surface area (Å²) < 4.78 is 10.4. The molecule has 1 amide bonds. The number of benzene rings is 2. The molecule has 0 aliphatic carbocycles. The molecule has 2 aromatic rings. The van der Waals surface area contributed by atoms with Gasteiger partial charge in [-0.3, -0.25) is 14.9 Å². The fourth-order valence-corrected chi connectivity index (χ4v) is 2.48. The van der Waals surface area contributed by atoms with Gasteiger partial charge in [-0.05, 0) is 23.8 Å². The van der Waals surface area contributed by atoms with Gasteiger partial charge in [0.05, 0.1) is 9.95 Å². The standard InChI is InChI=1S/C17H10ClN3O5/c18-12-7-16-15(25-9-26-16)6-10(12)5-11(8-19)17(22)20-13-3-1-2-4-14(13)21(23)24/h1-7H,9H2,(H,20,22)/b11-5+. The number of nitro groups is 1.